The molecule has 0 fully saturated rings. The van der Waals surface area contributed by atoms with E-state index >= 15 is 4.39 Å². The maximum absolute atomic E-state index is 15.2. The molecule has 6 aromatic rings. The Balaban J connectivity index is 1.30. The van der Waals surface area contributed by atoms with Crippen molar-refractivity contribution >= 4 is 45.1 Å². The van der Waals surface area contributed by atoms with E-state index in [2.05, 4.69) is 20.3 Å². The minimum Gasteiger partial charge on any atom is -0.435 e. The van der Waals surface area contributed by atoms with Crippen LogP contribution in [0.15, 0.2) is 84.0 Å². The topological polar surface area (TPSA) is 102 Å². The van der Waals surface area contributed by atoms with E-state index in [9.17, 15) is 9.59 Å². The van der Waals surface area contributed by atoms with E-state index in [-0.39, 0.29) is 22.9 Å². The SMILES string of the molecule is Cc1c(C(=O)Nc2ccc(Oc3ncnc4[nH]cc(-c5ccccc5)c34)c(F)c2)c(=O)c2ccc(Cl)cc2n1C. The van der Waals surface area contributed by atoms with E-state index in [1.165, 1.54) is 18.5 Å². The second-order valence-electron chi connectivity index (χ2n) is 9.18. The van der Waals surface area contributed by atoms with Crippen molar-refractivity contribution in [1.29, 1.82) is 0 Å². The zero-order valence-corrected chi connectivity index (χ0v) is 22.1. The number of nitrogens with one attached hydrogen (secondary N) is 2. The van der Waals surface area contributed by atoms with Crippen LogP contribution in [0, 0.1) is 12.7 Å². The number of aromatic nitrogens is 4. The van der Waals surface area contributed by atoms with E-state index in [4.69, 9.17) is 16.3 Å². The van der Waals surface area contributed by atoms with Crippen LogP contribution in [0.5, 0.6) is 11.6 Å². The number of aromatic amines is 1. The monoisotopic (exact) mass is 553 g/mol. The Bertz CT molecular complexity index is 2000. The van der Waals surface area contributed by atoms with Crippen LogP contribution in [0.3, 0.4) is 0 Å². The number of anilines is 1. The first kappa shape index (κ1) is 25.3. The van der Waals surface area contributed by atoms with Crippen molar-refractivity contribution in [2.24, 2.45) is 7.05 Å². The van der Waals surface area contributed by atoms with Gasteiger partial charge >= 0.3 is 0 Å². The summed E-state index contributed by atoms with van der Waals surface area (Å²) in [6.45, 7) is 1.67. The van der Waals surface area contributed by atoms with Crippen molar-refractivity contribution < 1.29 is 13.9 Å². The summed E-state index contributed by atoms with van der Waals surface area (Å²) in [5, 5.41) is 4.07. The molecule has 0 bridgehead atoms. The molecule has 0 saturated heterocycles. The highest BCUT2D eigenvalue weighted by atomic mass is 35.5. The molecule has 0 unspecified atom stereocenters. The van der Waals surface area contributed by atoms with Crippen LogP contribution in [0.1, 0.15) is 16.1 Å². The highest BCUT2D eigenvalue weighted by Gasteiger charge is 2.21. The normalized spacial score (nSPS) is 11.2. The molecule has 0 aliphatic heterocycles. The lowest BCUT2D eigenvalue weighted by molar-refractivity contribution is 0.102. The molecule has 8 nitrogen and oxygen atoms in total. The quantitative estimate of drug-likeness (QED) is 0.250. The van der Waals surface area contributed by atoms with Crippen molar-refractivity contribution in [1.82, 2.24) is 19.5 Å². The molecule has 0 radical (unpaired) electrons. The fourth-order valence-corrected chi connectivity index (χ4v) is 4.87. The lowest BCUT2D eigenvalue weighted by Gasteiger charge is -2.15. The fourth-order valence-electron chi connectivity index (χ4n) is 4.71. The van der Waals surface area contributed by atoms with Crippen LogP contribution in [-0.4, -0.2) is 25.4 Å². The number of nitrogens with zero attached hydrogens (tertiary/aromatic N) is 3. The predicted octanol–water partition coefficient (Wildman–Crippen LogP) is 6.62. The molecule has 3 aromatic carbocycles. The number of amides is 1. The molecule has 0 atom stereocenters. The van der Waals surface area contributed by atoms with Crippen molar-refractivity contribution in [3.05, 3.63) is 112 Å². The number of fused-ring (bicyclic) bond motifs is 2. The summed E-state index contributed by atoms with van der Waals surface area (Å²) < 4.78 is 22.8. The van der Waals surface area contributed by atoms with E-state index in [0.717, 1.165) is 17.2 Å². The molecular formula is C30H21ClFN5O3. The van der Waals surface area contributed by atoms with Crippen LogP contribution in [0.25, 0.3) is 33.1 Å². The summed E-state index contributed by atoms with van der Waals surface area (Å²) >= 11 is 6.09. The number of pyridine rings is 1. The summed E-state index contributed by atoms with van der Waals surface area (Å²) in [6.07, 6.45) is 3.12. The molecule has 3 aromatic heterocycles. The van der Waals surface area contributed by atoms with Gasteiger partial charge in [-0.05, 0) is 42.8 Å². The zero-order valence-electron chi connectivity index (χ0n) is 21.3. The lowest BCUT2D eigenvalue weighted by Crippen LogP contribution is -2.26. The Hall–Kier alpha value is -5.02. The van der Waals surface area contributed by atoms with Gasteiger partial charge in [0.05, 0.1) is 10.9 Å². The maximum atomic E-state index is 15.2. The molecule has 0 saturated carbocycles. The van der Waals surface area contributed by atoms with Crippen molar-refractivity contribution in [3.63, 3.8) is 0 Å². The van der Waals surface area contributed by atoms with Crippen LogP contribution in [0.2, 0.25) is 5.02 Å². The Morgan fingerprint density at radius 1 is 1.07 bits per heavy atom. The molecule has 40 heavy (non-hydrogen) atoms. The van der Waals surface area contributed by atoms with E-state index in [0.29, 0.717) is 32.7 Å². The number of ether oxygens (including phenoxy) is 1. The van der Waals surface area contributed by atoms with Gasteiger partial charge < -0.3 is 19.6 Å². The Kier molecular flexibility index (Phi) is 6.28. The maximum Gasteiger partial charge on any atom is 0.261 e. The molecule has 0 aliphatic carbocycles. The first-order valence-electron chi connectivity index (χ1n) is 12.3. The minimum absolute atomic E-state index is 0.0395. The van der Waals surface area contributed by atoms with Gasteiger partial charge in [-0.1, -0.05) is 41.9 Å². The fraction of sp³-hybridized carbons (Fsp3) is 0.0667. The summed E-state index contributed by atoms with van der Waals surface area (Å²) in [5.74, 6) is -1.29. The second-order valence-corrected chi connectivity index (χ2v) is 9.62. The van der Waals surface area contributed by atoms with Crippen molar-refractivity contribution in [3.8, 4) is 22.8 Å². The van der Waals surface area contributed by atoms with Crippen LogP contribution >= 0.6 is 11.6 Å². The number of benzene rings is 3. The molecule has 2 N–H and O–H groups in total. The van der Waals surface area contributed by atoms with Crippen molar-refractivity contribution in [2.45, 2.75) is 6.92 Å². The van der Waals surface area contributed by atoms with E-state index in [1.807, 2.05) is 30.3 Å². The third kappa shape index (κ3) is 4.36. The van der Waals surface area contributed by atoms with Gasteiger partial charge in [-0.15, -0.1) is 0 Å². The summed E-state index contributed by atoms with van der Waals surface area (Å²) in [7, 11) is 1.74. The largest absolute Gasteiger partial charge is 0.435 e. The molecule has 10 heteroatoms. The number of carbonyl (C=O) groups excluding carboxylic acids is 1. The van der Waals surface area contributed by atoms with Gasteiger partial charge in [0.25, 0.3) is 5.91 Å². The standard InChI is InChI=1S/C30H21ClFN5O3/c1-16-25(27(38)20-10-8-18(31)12-23(20)37(16)2)29(39)36-19-9-11-24(22(32)13-19)40-30-26-21(17-6-4-3-5-7-17)14-33-28(26)34-15-35-30/h3-15H,1-2H3,(H,36,39)(H,33,34,35). The average molecular weight is 554 g/mol. The Morgan fingerprint density at radius 3 is 2.65 bits per heavy atom. The number of aryl methyl sites for hydroxylation is 1. The molecule has 198 valence electrons. The van der Waals surface area contributed by atoms with E-state index < -0.39 is 17.2 Å². The highest BCUT2D eigenvalue weighted by molar-refractivity contribution is 6.31. The average Bonchev–Trinajstić information content (AvgIpc) is 3.39. The first-order valence-corrected chi connectivity index (χ1v) is 12.6. The molecule has 0 aliphatic rings. The number of H-pyrrole nitrogens is 1. The molecule has 3 heterocycles. The lowest BCUT2D eigenvalue weighted by atomic mass is 10.1. The van der Waals surface area contributed by atoms with E-state index in [1.54, 1.807) is 42.9 Å². The molecule has 0 spiro atoms. The van der Waals surface area contributed by atoms with Crippen LogP contribution < -0.4 is 15.5 Å². The van der Waals surface area contributed by atoms with Crippen molar-refractivity contribution in [2.75, 3.05) is 5.32 Å². The third-order valence-corrected chi connectivity index (χ3v) is 7.04. The Morgan fingerprint density at radius 2 is 1.88 bits per heavy atom. The number of hydrogen-bond acceptors (Lipinski definition) is 5. The second kappa shape index (κ2) is 9.94. The first-order chi connectivity index (χ1) is 19.3. The van der Waals surface area contributed by atoms with Gasteiger partial charge in [-0.2, -0.15) is 0 Å². The Labute approximate surface area is 232 Å². The van der Waals surface area contributed by atoms with Crippen LogP contribution in [-0.2, 0) is 7.05 Å². The molecule has 1 amide bonds. The van der Waals surface area contributed by atoms with Gasteiger partial charge in [0.15, 0.2) is 11.6 Å². The van der Waals surface area contributed by atoms with Gasteiger partial charge in [0, 0.05) is 46.7 Å². The predicted molar refractivity (Wildman–Crippen MR) is 153 cm³/mol. The molecule has 6 rings (SSSR count). The number of hydrogen-bond donors (Lipinski definition) is 2. The highest BCUT2D eigenvalue weighted by Crippen LogP contribution is 2.36. The minimum atomic E-state index is -0.723. The van der Waals surface area contributed by atoms with Gasteiger partial charge in [-0.25, -0.2) is 14.4 Å². The summed E-state index contributed by atoms with van der Waals surface area (Å²) in [6, 6.07) is 18.5. The van der Waals surface area contributed by atoms with Gasteiger partial charge in [0.1, 0.15) is 17.5 Å². The number of rotatable bonds is 5. The van der Waals surface area contributed by atoms with Gasteiger partial charge in [-0.3, -0.25) is 9.59 Å². The van der Waals surface area contributed by atoms with Gasteiger partial charge in [0.2, 0.25) is 11.3 Å². The third-order valence-electron chi connectivity index (χ3n) is 6.80. The zero-order chi connectivity index (χ0) is 28.0. The number of halogens is 2. The molecular weight excluding hydrogens is 533 g/mol. The smallest absolute Gasteiger partial charge is 0.261 e. The summed E-state index contributed by atoms with van der Waals surface area (Å²) in [5.41, 5.74) is 3.02. The number of carbonyl (C=O) groups is 1. The summed E-state index contributed by atoms with van der Waals surface area (Å²) in [4.78, 5) is 37.9. The van der Waals surface area contributed by atoms with Crippen LogP contribution in [0.4, 0.5) is 10.1 Å².